The van der Waals surface area contributed by atoms with Gasteiger partial charge in [-0.3, -0.25) is 14.9 Å². The van der Waals surface area contributed by atoms with Crippen LogP contribution in [0.15, 0.2) is 52.0 Å². The van der Waals surface area contributed by atoms with E-state index in [0.29, 0.717) is 10.0 Å². The third-order valence-corrected chi connectivity index (χ3v) is 3.16. The topological polar surface area (TPSA) is 105 Å². The molecule has 8 heteroatoms. The summed E-state index contributed by atoms with van der Waals surface area (Å²) in [6, 6.07) is 10.2. The van der Waals surface area contributed by atoms with E-state index >= 15 is 0 Å². The van der Waals surface area contributed by atoms with Crippen molar-refractivity contribution < 1.29 is 14.8 Å². The number of carbonyl (C=O) groups excluding carboxylic acids is 1. The summed E-state index contributed by atoms with van der Waals surface area (Å²) in [6.07, 6.45) is 1.28. The molecule has 22 heavy (non-hydrogen) atoms. The number of hydrazone groups is 1. The molecule has 0 bridgehead atoms. The van der Waals surface area contributed by atoms with Crippen LogP contribution >= 0.6 is 15.9 Å². The second-order valence-electron chi connectivity index (χ2n) is 4.21. The van der Waals surface area contributed by atoms with Crippen LogP contribution in [-0.4, -0.2) is 22.2 Å². The Hall–Kier alpha value is -2.74. The lowest BCUT2D eigenvalue weighted by molar-refractivity contribution is -0.384. The number of benzene rings is 2. The van der Waals surface area contributed by atoms with Gasteiger partial charge in [0.1, 0.15) is 5.75 Å². The molecule has 2 aromatic rings. The summed E-state index contributed by atoms with van der Waals surface area (Å²) in [6.45, 7) is 0. The predicted molar refractivity (Wildman–Crippen MR) is 84.0 cm³/mol. The van der Waals surface area contributed by atoms with E-state index < -0.39 is 10.8 Å². The number of hydrogen-bond donors (Lipinski definition) is 2. The molecule has 0 spiro atoms. The number of non-ortho nitro benzene ring substituents is 1. The van der Waals surface area contributed by atoms with E-state index in [1.165, 1.54) is 36.5 Å². The second kappa shape index (κ2) is 6.81. The minimum absolute atomic E-state index is 0.0607. The number of phenols is 1. The highest BCUT2D eigenvalue weighted by Gasteiger charge is 2.10. The predicted octanol–water partition coefficient (Wildman–Crippen LogP) is 2.83. The Kier molecular flexibility index (Phi) is 4.84. The van der Waals surface area contributed by atoms with Crippen molar-refractivity contribution in [1.82, 2.24) is 5.43 Å². The van der Waals surface area contributed by atoms with Crippen LogP contribution in [0.5, 0.6) is 5.75 Å². The maximum atomic E-state index is 11.9. The highest BCUT2D eigenvalue weighted by Crippen LogP contribution is 2.21. The Morgan fingerprint density at radius 2 is 2.09 bits per heavy atom. The molecule has 7 nitrogen and oxygen atoms in total. The van der Waals surface area contributed by atoms with E-state index in [0.717, 1.165) is 0 Å². The average Bonchev–Trinajstić information content (AvgIpc) is 2.50. The highest BCUT2D eigenvalue weighted by atomic mass is 79.9. The van der Waals surface area contributed by atoms with Crippen molar-refractivity contribution in [3.05, 3.63) is 68.2 Å². The molecule has 0 saturated carbocycles. The van der Waals surface area contributed by atoms with Gasteiger partial charge in [0, 0.05) is 22.2 Å². The lowest BCUT2D eigenvalue weighted by Crippen LogP contribution is -2.17. The molecule has 1 amide bonds. The number of carbonyl (C=O) groups is 1. The lowest BCUT2D eigenvalue weighted by Gasteiger charge is -2.03. The monoisotopic (exact) mass is 363 g/mol. The summed E-state index contributed by atoms with van der Waals surface area (Å²) in [4.78, 5) is 22.0. The fourth-order valence-electron chi connectivity index (χ4n) is 1.63. The van der Waals surface area contributed by atoms with E-state index in [4.69, 9.17) is 0 Å². The van der Waals surface area contributed by atoms with Crippen molar-refractivity contribution in [3.63, 3.8) is 0 Å². The number of aromatic hydroxyl groups is 1. The van der Waals surface area contributed by atoms with Gasteiger partial charge in [0.25, 0.3) is 11.6 Å². The molecule has 2 rings (SSSR count). The van der Waals surface area contributed by atoms with Gasteiger partial charge in [-0.15, -0.1) is 0 Å². The molecule has 112 valence electrons. The zero-order valence-corrected chi connectivity index (χ0v) is 12.6. The SMILES string of the molecule is O=C(NN=Cc1cccc([N+](=O)[O-])c1)c1cc(Br)ccc1O. The Balaban J connectivity index is 2.09. The number of amides is 1. The van der Waals surface area contributed by atoms with Gasteiger partial charge in [0.05, 0.1) is 16.7 Å². The highest BCUT2D eigenvalue weighted by molar-refractivity contribution is 9.10. The van der Waals surface area contributed by atoms with Crippen LogP contribution < -0.4 is 5.43 Å². The summed E-state index contributed by atoms with van der Waals surface area (Å²) in [7, 11) is 0. The molecule has 0 saturated heterocycles. The standard InChI is InChI=1S/C14H10BrN3O4/c15-10-4-5-13(19)12(7-10)14(20)17-16-8-9-2-1-3-11(6-9)18(21)22/h1-8,19H,(H,17,20). The van der Waals surface area contributed by atoms with Gasteiger partial charge in [0.2, 0.25) is 0 Å². The number of rotatable bonds is 4. The first-order valence-electron chi connectivity index (χ1n) is 6.04. The fourth-order valence-corrected chi connectivity index (χ4v) is 2.00. The van der Waals surface area contributed by atoms with Gasteiger partial charge in [-0.25, -0.2) is 5.43 Å². The molecule has 2 N–H and O–H groups in total. The normalized spacial score (nSPS) is 10.6. The smallest absolute Gasteiger partial charge is 0.275 e. The number of nitrogens with one attached hydrogen (secondary N) is 1. The van der Waals surface area contributed by atoms with Gasteiger partial charge in [-0.05, 0) is 18.2 Å². The molecular formula is C14H10BrN3O4. The van der Waals surface area contributed by atoms with E-state index in [-0.39, 0.29) is 17.0 Å². The van der Waals surface area contributed by atoms with Crippen LogP contribution in [0.2, 0.25) is 0 Å². The van der Waals surface area contributed by atoms with Gasteiger partial charge in [-0.2, -0.15) is 5.10 Å². The summed E-state index contributed by atoms with van der Waals surface area (Å²) >= 11 is 3.20. The van der Waals surface area contributed by atoms with E-state index in [1.807, 2.05) is 0 Å². The minimum Gasteiger partial charge on any atom is -0.507 e. The van der Waals surface area contributed by atoms with Crippen LogP contribution in [-0.2, 0) is 0 Å². The van der Waals surface area contributed by atoms with Crippen molar-refractivity contribution in [2.75, 3.05) is 0 Å². The van der Waals surface area contributed by atoms with Crippen LogP contribution in [0, 0.1) is 10.1 Å². The number of nitro benzene ring substituents is 1. The van der Waals surface area contributed by atoms with Gasteiger partial charge < -0.3 is 5.11 Å². The van der Waals surface area contributed by atoms with Crippen molar-refractivity contribution >= 4 is 33.7 Å². The quantitative estimate of drug-likeness (QED) is 0.494. The van der Waals surface area contributed by atoms with E-state index in [1.54, 1.807) is 12.1 Å². The lowest BCUT2D eigenvalue weighted by atomic mass is 10.2. The van der Waals surface area contributed by atoms with Gasteiger partial charge in [-0.1, -0.05) is 28.1 Å². The molecule has 0 aliphatic carbocycles. The molecule has 0 aliphatic rings. The molecule has 0 heterocycles. The van der Waals surface area contributed by atoms with E-state index in [9.17, 15) is 20.0 Å². The van der Waals surface area contributed by atoms with Gasteiger partial charge in [0.15, 0.2) is 0 Å². The summed E-state index contributed by atoms with van der Waals surface area (Å²) in [5.41, 5.74) is 2.70. The van der Waals surface area contributed by atoms with Crippen LogP contribution in [0.25, 0.3) is 0 Å². The zero-order valence-electron chi connectivity index (χ0n) is 11.1. The third-order valence-electron chi connectivity index (χ3n) is 2.66. The third kappa shape index (κ3) is 3.89. The average molecular weight is 364 g/mol. The van der Waals surface area contributed by atoms with Crippen LogP contribution in [0.3, 0.4) is 0 Å². The summed E-state index contributed by atoms with van der Waals surface area (Å²) in [5.74, 6) is -0.772. The van der Waals surface area contributed by atoms with Crippen LogP contribution in [0.4, 0.5) is 5.69 Å². The number of nitrogens with zero attached hydrogens (tertiary/aromatic N) is 2. The zero-order chi connectivity index (χ0) is 16.1. The molecular weight excluding hydrogens is 354 g/mol. The van der Waals surface area contributed by atoms with Gasteiger partial charge >= 0.3 is 0 Å². The number of halogens is 1. The maximum absolute atomic E-state index is 11.9. The first kappa shape index (κ1) is 15.6. The summed E-state index contributed by atoms with van der Waals surface area (Å²) < 4.78 is 0.637. The van der Waals surface area contributed by atoms with E-state index in [2.05, 4.69) is 26.5 Å². The molecule has 0 unspecified atom stereocenters. The minimum atomic E-state index is -0.597. The van der Waals surface area contributed by atoms with Crippen molar-refractivity contribution in [3.8, 4) is 5.75 Å². The summed E-state index contributed by atoms with van der Waals surface area (Å²) in [5, 5.41) is 24.0. The Bertz CT molecular complexity index is 762. The molecule has 0 aromatic heterocycles. The first-order valence-corrected chi connectivity index (χ1v) is 6.83. The largest absolute Gasteiger partial charge is 0.507 e. The molecule has 0 aliphatic heterocycles. The Morgan fingerprint density at radius 3 is 2.82 bits per heavy atom. The Morgan fingerprint density at radius 1 is 1.32 bits per heavy atom. The molecule has 0 fully saturated rings. The Labute approximate surface area is 133 Å². The molecule has 2 aromatic carbocycles. The van der Waals surface area contributed by atoms with Crippen molar-refractivity contribution in [1.29, 1.82) is 0 Å². The fraction of sp³-hybridized carbons (Fsp3) is 0. The number of nitro groups is 1. The van der Waals surface area contributed by atoms with Crippen molar-refractivity contribution in [2.24, 2.45) is 5.10 Å². The van der Waals surface area contributed by atoms with Crippen LogP contribution in [0.1, 0.15) is 15.9 Å². The molecule has 0 radical (unpaired) electrons. The molecule has 0 atom stereocenters. The second-order valence-corrected chi connectivity index (χ2v) is 5.13. The number of hydrogen-bond acceptors (Lipinski definition) is 5. The number of phenolic OH excluding ortho intramolecular Hbond substituents is 1. The maximum Gasteiger partial charge on any atom is 0.275 e. The van der Waals surface area contributed by atoms with Crippen molar-refractivity contribution in [2.45, 2.75) is 0 Å². The first-order chi connectivity index (χ1) is 10.5.